The lowest BCUT2D eigenvalue weighted by molar-refractivity contribution is 0.661. The number of halogens is 1. The molecular weight excluding hydrogens is 326 g/mol. The fraction of sp³-hybridized carbons (Fsp3) is 0.235. The van der Waals surface area contributed by atoms with Gasteiger partial charge in [0.25, 0.3) is 0 Å². The lowest BCUT2D eigenvalue weighted by Gasteiger charge is -2.09. The number of nitrogens with zero attached hydrogens (tertiary/aromatic N) is 2. The lowest BCUT2D eigenvalue weighted by Crippen LogP contribution is -2.08. The van der Waals surface area contributed by atoms with Gasteiger partial charge in [-0.1, -0.05) is 41.1 Å². The molecule has 108 valence electrons. The van der Waals surface area contributed by atoms with E-state index < -0.39 is 0 Å². The van der Waals surface area contributed by atoms with E-state index in [1.807, 2.05) is 18.2 Å². The normalized spacial score (nSPS) is 11.0. The number of hydrogen-bond donors (Lipinski definition) is 1. The van der Waals surface area contributed by atoms with Gasteiger partial charge < -0.3 is 9.88 Å². The van der Waals surface area contributed by atoms with Crippen molar-refractivity contribution < 1.29 is 0 Å². The average Bonchev–Trinajstić information content (AvgIpc) is 2.84. The fourth-order valence-corrected chi connectivity index (χ4v) is 2.85. The molecule has 0 spiro atoms. The Bertz CT molecular complexity index is 734. The van der Waals surface area contributed by atoms with Crippen LogP contribution in [-0.4, -0.2) is 9.55 Å². The van der Waals surface area contributed by atoms with Crippen molar-refractivity contribution in [1.82, 2.24) is 9.55 Å². The summed E-state index contributed by atoms with van der Waals surface area (Å²) in [6.45, 7) is 3.92. The topological polar surface area (TPSA) is 29.9 Å². The van der Waals surface area contributed by atoms with E-state index in [1.165, 1.54) is 5.52 Å². The van der Waals surface area contributed by atoms with Crippen LogP contribution < -0.4 is 5.32 Å². The van der Waals surface area contributed by atoms with E-state index in [0.717, 1.165) is 41.0 Å². The number of aromatic nitrogens is 2. The third-order valence-electron chi connectivity index (χ3n) is 3.46. The van der Waals surface area contributed by atoms with Crippen LogP contribution in [0.3, 0.4) is 0 Å². The number of nitrogens with one attached hydrogen (secondary N) is 1. The highest BCUT2D eigenvalue weighted by molar-refractivity contribution is 9.10. The Morgan fingerprint density at radius 1 is 1.14 bits per heavy atom. The molecule has 0 bridgehead atoms. The number of fused-ring (bicyclic) bond motifs is 1. The first-order chi connectivity index (χ1) is 10.3. The van der Waals surface area contributed by atoms with Crippen LogP contribution in [0.5, 0.6) is 0 Å². The predicted molar refractivity (Wildman–Crippen MR) is 91.5 cm³/mol. The Balaban J connectivity index is 1.91. The number of benzene rings is 2. The monoisotopic (exact) mass is 343 g/mol. The van der Waals surface area contributed by atoms with Gasteiger partial charge in [-0.25, -0.2) is 4.98 Å². The first-order valence-corrected chi connectivity index (χ1v) is 8.01. The van der Waals surface area contributed by atoms with Gasteiger partial charge in [0.2, 0.25) is 0 Å². The Hall–Kier alpha value is -1.81. The van der Waals surface area contributed by atoms with Crippen LogP contribution in [0, 0.1) is 0 Å². The van der Waals surface area contributed by atoms with Crippen LogP contribution in [0.2, 0.25) is 0 Å². The molecule has 0 saturated carbocycles. The molecule has 1 N–H and O–H groups in total. The van der Waals surface area contributed by atoms with E-state index in [-0.39, 0.29) is 0 Å². The molecule has 0 aliphatic heterocycles. The van der Waals surface area contributed by atoms with Crippen molar-refractivity contribution in [1.29, 1.82) is 0 Å². The number of hydrogen-bond acceptors (Lipinski definition) is 2. The van der Waals surface area contributed by atoms with Crippen molar-refractivity contribution in [2.24, 2.45) is 0 Å². The van der Waals surface area contributed by atoms with Crippen LogP contribution in [-0.2, 0) is 13.1 Å². The maximum absolute atomic E-state index is 4.78. The summed E-state index contributed by atoms with van der Waals surface area (Å²) < 4.78 is 3.37. The summed E-state index contributed by atoms with van der Waals surface area (Å²) in [5, 5.41) is 3.44. The minimum Gasteiger partial charge on any atom is -0.378 e. The number of para-hydroxylation sites is 1. The van der Waals surface area contributed by atoms with Gasteiger partial charge in [-0.3, -0.25) is 0 Å². The highest BCUT2D eigenvalue weighted by Crippen LogP contribution is 2.22. The zero-order chi connectivity index (χ0) is 14.7. The molecule has 0 atom stereocenters. The average molecular weight is 344 g/mol. The van der Waals surface area contributed by atoms with Crippen molar-refractivity contribution >= 4 is 32.7 Å². The molecule has 0 unspecified atom stereocenters. The zero-order valence-electron chi connectivity index (χ0n) is 12.0. The number of rotatable bonds is 5. The van der Waals surface area contributed by atoms with E-state index in [0.29, 0.717) is 0 Å². The molecule has 0 aliphatic rings. The third kappa shape index (κ3) is 3.10. The summed E-state index contributed by atoms with van der Waals surface area (Å²) in [4.78, 5) is 4.78. The molecule has 3 rings (SSSR count). The molecule has 2 aromatic carbocycles. The molecule has 0 aliphatic carbocycles. The molecule has 0 fully saturated rings. The first kappa shape index (κ1) is 14.1. The molecule has 21 heavy (non-hydrogen) atoms. The summed E-state index contributed by atoms with van der Waals surface area (Å²) in [5.41, 5.74) is 3.36. The zero-order valence-corrected chi connectivity index (χ0v) is 13.6. The first-order valence-electron chi connectivity index (χ1n) is 7.21. The predicted octanol–water partition coefficient (Wildman–Crippen LogP) is 4.82. The van der Waals surface area contributed by atoms with Crippen LogP contribution in [0.25, 0.3) is 11.0 Å². The van der Waals surface area contributed by atoms with Gasteiger partial charge in [0, 0.05) is 16.7 Å². The van der Waals surface area contributed by atoms with Crippen molar-refractivity contribution in [3.05, 3.63) is 58.8 Å². The Morgan fingerprint density at radius 2 is 1.95 bits per heavy atom. The van der Waals surface area contributed by atoms with E-state index >= 15 is 0 Å². The quantitative estimate of drug-likeness (QED) is 0.719. The summed E-state index contributed by atoms with van der Waals surface area (Å²) in [7, 11) is 0. The van der Waals surface area contributed by atoms with Crippen molar-refractivity contribution in [3.63, 3.8) is 0 Å². The summed E-state index contributed by atoms with van der Waals surface area (Å²) >= 11 is 3.52. The van der Waals surface area contributed by atoms with E-state index in [1.54, 1.807) is 0 Å². The van der Waals surface area contributed by atoms with E-state index in [9.17, 15) is 0 Å². The SMILES string of the molecule is CCCn1c(CNc2ccccc2)nc2cc(Br)ccc21. The molecule has 1 aromatic heterocycles. The maximum atomic E-state index is 4.78. The van der Waals surface area contributed by atoms with Gasteiger partial charge in [0.15, 0.2) is 0 Å². The minimum atomic E-state index is 0.732. The molecule has 0 saturated heterocycles. The number of imidazole rings is 1. The van der Waals surface area contributed by atoms with Crippen LogP contribution in [0.4, 0.5) is 5.69 Å². The number of aryl methyl sites for hydroxylation is 1. The van der Waals surface area contributed by atoms with E-state index in [2.05, 4.69) is 63.1 Å². The fourth-order valence-electron chi connectivity index (χ4n) is 2.50. The standard InChI is InChI=1S/C17H18BrN3/c1-2-10-21-16-9-8-13(18)11-15(16)20-17(21)12-19-14-6-4-3-5-7-14/h3-9,11,19H,2,10,12H2,1H3. The second-order valence-electron chi connectivity index (χ2n) is 5.03. The molecule has 3 nitrogen and oxygen atoms in total. The highest BCUT2D eigenvalue weighted by atomic mass is 79.9. The van der Waals surface area contributed by atoms with Crippen molar-refractivity contribution in [2.45, 2.75) is 26.4 Å². The Morgan fingerprint density at radius 3 is 2.71 bits per heavy atom. The highest BCUT2D eigenvalue weighted by Gasteiger charge is 2.10. The minimum absolute atomic E-state index is 0.732. The summed E-state index contributed by atoms with van der Waals surface area (Å²) in [6.07, 6.45) is 1.10. The van der Waals surface area contributed by atoms with Crippen LogP contribution >= 0.6 is 15.9 Å². The Kier molecular flexibility index (Phi) is 4.25. The maximum Gasteiger partial charge on any atom is 0.129 e. The van der Waals surface area contributed by atoms with E-state index in [4.69, 9.17) is 4.98 Å². The smallest absolute Gasteiger partial charge is 0.129 e. The van der Waals surface area contributed by atoms with Crippen LogP contribution in [0.15, 0.2) is 53.0 Å². The van der Waals surface area contributed by atoms with Gasteiger partial charge in [0.1, 0.15) is 5.82 Å². The van der Waals surface area contributed by atoms with Gasteiger partial charge in [0.05, 0.1) is 17.6 Å². The lowest BCUT2D eigenvalue weighted by atomic mass is 10.3. The second kappa shape index (κ2) is 6.31. The van der Waals surface area contributed by atoms with Gasteiger partial charge >= 0.3 is 0 Å². The van der Waals surface area contributed by atoms with Crippen molar-refractivity contribution in [2.75, 3.05) is 5.32 Å². The van der Waals surface area contributed by atoms with Gasteiger partial charge in [-0.15, -0.1) is 0 Å². The summed E-state index contributed by atoms with van der Waals surface area (Å²) in [6, 6.07) is 16.5. The van der Waals surface area contributed by atoms with Crippen LogP contribution in [0.1, 0.15) is 19.2 Å². The second-order valence-corrected chi connectivity index (χ2v) is 5.95. The number of anilines is 1. The Labute approximate surface area is 133 Å². The molecule has 1 heterocycles. The molecule has 0 radical (unpaired) electrons. The van der Waals surface area contributed by atoms with Gasteiger partial charge in [-0.2, -0.15) is 0 Å². The summed E-state index contributed by atoms with van der Waals surface area (Å²) in [5.74, 6) is 1.08. The molecule has 4 heteroatoms. The van der Waals surface area contributed by atoms with Gasteiger partial charge in [-0.05, 0) is 36.8 Å². The third-order valence-corrected chi connectivity index (χ3v) is 3.95. The molecule has 0 amide bonds. The van der Waals surface area contributed by atoms with Crippen molar-refractivity contribution in [3.8, 4) is 0 Å². The molecular formula is C17H18BrN3. The molecule has 3 aromatic rings. The largest absolute Gasteiger partial charge is 0.378 e.